The predicted octanol–water partition coefficient (Wildman–Crippen LogP) is 2.03. The average Bonchev–Trinajstić information content (AvgIpc) is 2.77. The average molecular weight is 235 g/mol. The van der Waals surface area contributed by atoms with Crippen LogP contribution in [0.4, 0.5) is 0 Å². The van der Waals surface area contributed by atoms with Crippen molar-refractivity contribution >= 4 is 0 Å². The summed E-state index contributed by atoms with van der Waals surface area (Å²) >= 11 is 0. The monoisotopic (exact) mass is 235 g/mol. The van der Waals surface area contributed by atoms with Crippen LogP contribution in [0.25, 0.3) is 0 Å². The molecule has 0 aromatic carbocycles. The Labute approximate surface area is 103 Å². The Hall–Kier alpha value is -1.13. The molecule has 94 valence electrons. The van der Waals surface area contributed by atoms with Crippen molar-refractivity contribution in [3.63, 3.8) is 0 Å². The predicted molar refractivity (Wildman–Crippen MR) is 67.4 cm³/mol. The molecule has 0 radical (unpaired) electrons. The number of pyridine rings is 1. The summed E-state index contributed by atoms with van der Waals surface area (Å²) in [7, 11) is 1.67. The molecule has 3 N–H and O–H groups in total. The van der Waals surface area contributed by atoms with Crippen LogP contribution in [-0.2, 0) is 0 Å². The van der Waals surface area contributed by atoms with Crippen LogP contribution in [0.2, 0.25) is 0 Å². The topological polar surface area (TPSA) is 60.2 Å². The van der Waals surface area contributed by atoms with Crippen LogP contribution in [0.1, 0.15) is 37.9 Å². The van der Waals surface area contributed by atoms with E-state index in [2.05, 4.69) is 17.3 Å². The third-order valence-corrected chi connectivity index (χ3v) is 3.70. The fraction of sp³-hybridized carbons (Fsp3) is 0.615. The van der Waals surface area contributed by atoms with Crippen LogP contribution in [-0.4, -0.2) is 12.1 Å². The van der Waals surface area contributed by atoms with Gasteiger partial charge in [0.05, 0.1) is 13.2 Å². The van der Waals surface area contributed by atoms with Crippen molar-refractivity contribution < 1.29 is 4.74 Å². The number of nitrogens with one attached hydrogen (secondary N) is 1. The summed E-state index contributed by atoms with van der Waals surface area (Å²) in [5.74, 6) is 7.86. The zero-order valence-electron chi connectivity index (χ0n) is 10.5. The van der Waals surface area contributed by atoms with Crippen molar-refractivity contribution in [3.8, 4) is 5.75 Å². The number of rotatable bonds is 4. The minimum Gasteiger partial charge on any atom is -0.495 e. The lowest BCUT2D eigenvalue weighted by atomic mass is 9.94. The number of ether oxygens (including phenoxy) is 1. The molecule has 1 aromatic rings. The molecule has 4 nitrogen and oxygen atoms in total. The number of hydrogen-bond donors (Lipinski definition) is 2. The summed E-state index contributed by atoms with van der Waals surface area (Å²) < 4.78 is 5.36. The van der Waals surface area contributed by atoms with E-state index in [1.807, 2.05) is 12.1 Å². The maximum Gasteiger partial charge on any atom is 0.142 e. The SMILES string of the molecule is COc1cccnc1C(NN)C1CCC(C)C1. The Balaban J connectivity index is 2.22. The summed E-state index contributed by atoms with van der Waals surface area (Å²) in [6.07, 6.45) is 5.48. The van der Waals surface area contributed by atoms with E-state index in [0.29, 0.717) is 5.92 Å². The van der Waals surface area contributed by atoms with E-state index in [9.17, 15) is 0 Å². The third kappa shape index (κ3) is 2.58. The van der Waals surface area contributed by atoms with Gasteiger partial charge in [-0.1, -0.05) is 13.3 Å². The maximum absolute atomic E-state index is 5.71. The third-order valence-electron chi connectivity index (χ3n) is 3.70. The molecular weight excluding hydrogens is 214 g/mol. The minimum atomic E-state index is 0.0936. The highest BCUT2D eigenvalue weighted by Gasteiger charge is 2.31. The van der Waals surface area contributed by atoms with Crippen LogP contribution in [0.15, 0.2) is 18.3 Å². The van der Waals surface area contributed by atoms with Gasteiger partial charge in [-0.05, 0) is 36.8 Å². The van der Waals surface area contributed by atoms with Crippen molar-refractivity contribution in [1.82, 2.24) is 10.4 Å². The molecule has 4 heteroatoms. The molecule has 1 saturated carbocycles. The molecule has 1 heterocycles. The summed E-state index contributed by atoms with van der Waals surface area (Å²) in [6.45, 7) is 2.29. The summed E-state index contributed by atoms with van der Waals surface area (Å²) in [4.78, 5) is 4.42. The van der Waals surface area contributed by atoms with Gasteiger partial charge in [0, 0.05) is 6.20 Å². The molecule has 0 aliphatic heterocycles. The quantitative estimate of drug-likeness (QED) is 0.619. The van der Waals surface area contributed by atoms with Crippen molar-refractivity contribution in [2.75, 3.05) is 7.11 Å². The molecule has 0 amide bonds. The van der Waals surface area contributed by atoms with Crippen LogP contribution < -0.4 is 16.0 Å². The van der Waals surface area contributed by atoms with Gasteiger partial charge in [0.2, 0.25) is 0 Å². The molecule has 1 aliphatic carbocycles. The summed E-state index contributed by atoms with van der Waals surface area (Å²) in [5.41, 5.74) is 3.84. The fourth-order valence-electron chi connectivity index (χ4n) is 2.80. The molecule has 0 bridgehead atoms. The van der Waals surface area contributed by atoms with Crippen molar-refractivity contribution in [1.29, 1.82) is 0 Å². The van der Waals surface area contributed by atoms with E-state index >= 15 is 0 Å². The first-order valence-electron chi connectivity index (χ1n) is 6.21. The molecule has 3 unspecified atom stereocenters. The van der Waals surface area contributed by atoms with Crippen molar-refractivity contribution in [2.45, 2.75) is 32.2 Å². The number of hydrazine groups is 1. The zero-order valence-corrected chi connectivity index (χ0v) is 10.5. The van der Waals surface area contributed by atoms with Crippen molar-refractivity contribution in [2.24, 2.45) is 17.7 Å². The van der Waals surface area contributed by atoms with Gasteiger partial charge < -0.3 is 4.74 Å². The largest absolute Gasteiger partial charge is 0.495 e. The van der Waals surface area contributed by atoms with Gasteiger partial charge in [-0.15, -0.1) is 0 Å². The Morgan fingerprint density at radius 3 is 2.94 bits per heavy atom. The Morgan fingerprint density at radius 1 is 1.53 bits per heavy atom. The second kappa shape index (κ2) is 5.47. The second-order valence-corrected chi connectivity index (χ2v) is 4.91. The molecular formula is C13H21N3O. The van der Waals surface area contributed by atoms with Crippen LogP contribution in [0.5, 0.6) is 5.75 Å². The van der Waals surface area contributed by atoms with Gasteiger partial charge in [-0.25, -0.2) is 0 Å². The molecule has 0 spiro atoms. The molecule has 1 aromatic heterocycles. The highest BCUT2D eigenvalue weighted by molar-refractivity contribution is 5.30. The molecule has 2 rings (SSSR count). The normalized spacial score (nSPS) is 25.8. The molecule has 3 atom stereocenters. The first kappa shape index (κ1) is 12.3. The van der Waals surface area contributed by atoms with Crippen molar-refractivity contribution in [3.05, 3.63) is 24.0 Å². The van der Waals surface area contributed by atoms with Crippen LogP contribution in [0.3, 0.4) is 0 Å². The van der Waals surface area contributed by atoms with Gasteiger partial charge in [-0.3, -0.25) is 16.3 Å². The number of nitrogens with zero attached hydrogens (tertiary/aromatic N) is 1. The van der Waals surface area contributed by atoms with Gasteiger partial charge >= 0.3 is 0 Å². The lowest BCUT2D eigenvalue weighted by Gasteiger charge is -2.23. The van der Waals surface area contributed by atoms with Gasteiger partial charge in [0.1, 0.15) is 11.4 Å². The van der Waals surface area contributed by atoms with E-state index in [1.165, 1.54) is 19.3 Å². The standard InChI is InChI=1S/C13H21N3O/c1-9-5-6-10(8-9)12(16-14)13-11(17-2)4-3-7-15-13/h3-4,7,9-10,12,16H,5-6,8,14H2,1-2H3. The molecule has 1 aliphatic rings. The molecule has 0 saturated heterocycles. The number of hydrogen-bond acceptors (Lipinski definition) is 4. The van der Waals surface area contributed by atoms with Crippen LogP contribution >= 0.6 is 0 Å². The second-order valence-electron chi connectivity index (χ2n) is 4.91. The van der Waals surface area contributed by atoms with E-state index in [0.717, 1.165) is 17.4 Å². The molecule has 17 heavy (non-hydrogen) atoms. The van der Waals surface area contributed by atoms with E-state index in [4.69, 9.17) is 10.6 Å². The number of nitrogens with two attached hydrogens (primary N) is 1. The number of methoxy groups -OCH3 is 1. The molecule has 1 fully saturated rings. The lowest BCUT2D eigenvalue weighted by Crippen LogP contribution is -2.33. The smallest absolute Gasteiger partial charge is 0.142 e. The Kier molecular flexibility index (Phi) is 3.97. The van der Waals surface area contributed by atoms with E-state index in [-0.39, 0.29) is 6.04 Å². The Morgan fingerprint density at radius 2 is 2.35 bits per heavy atom. The Bertz CT molecular complexity index is 369. The van der Waals surface area contributed by atoms with E-state index < -0.39 is 0 Å². The van der Waals surface area contributed by atoms with Crippen LogP contribution in [0, 0.1) is 11.8 Å². The highest BCUT2D eigenvalue weighted by Crippen LogP contribution is 2.39. The summed E-state index contributed by atoms with van der Waals surface area (Å²) in [5, 5.41) is 0. The summed E-state index contributed by atoms with van der Waals surface area (Å²) in [6, 6.07) is 3.91. The minimum absolute atomic E-state index is 0.0936. The zero-order chi connectivity index (χ0) is 12.3. The highest BCUT2D eigenvalue weighted by atomic mass is 16.5. The van der Waals surface area contributed by atoms with Gasteiger partial charge in [0.25, 0.3) is 0 Å². The lowest BCUT2D eigenvalue weighted by molar-refractivity contribution is 0.335. The maximum atomic E-state index is 5.71. The van der Waals surface area contributed by atoms with Gasteiger partial charge in [0.15, 0.2) is 0 Å². The van der Waals surface area contributed by atoms with E-state index in [1.54, 1.807) is 13.3 Å². The first-order chi connectivity index (χ1) is 8.26. The fourth-order valence-corrected chi connectivity index (χ4v) is 2.80. The first-order valence-corrected chi connectivity index (χ1v) is 6.21. The number of aromatic nitrogens is 1. The van der Waals surface area contributed by atoms with Gasteiger partial charge in [-0.2, -0.15) is 0 Å².